The molecule has 28 heavy (non-hydrogen) atoms. The second kappa shape index (κ2) is 8.09. The van der Waals surface area contributed by atoms with Gasteiger partial charge < -0.3 is 19.3 Å². The van der Waals surface area contributed by atoms with Gasteiger partial charge in [0.15, 0.2) is 17.9 Å². The van der Waals surface area contributed by atoms with Gasteiger partial charge in [0.25, 0.3) is 5.56 Å². The van der Waals surface area contributed by atoms with E-state index in [1.54, 1.807) is 0 Å². The molecule has 3 rings (SSSR count). The van der Waals surface area contributed by atoms with Gasteiger partial charge in [-0.1, -0.05) is 30.3 Å². The van der Waals surface area contributed by atoms with E-state index >= 15 is 0 Å². The monoisotopic (exact) mass is 390 g/mol. The number of aryl methyl sites for hydroxylation is 1. The first-order valence-electron chi connectivity index (χ1n) is 8.75. The van der Waals surface area contributed by atoms with E-state index in [2.05, 4.69) is 4.98 Å². The second-order valence-electron chi connectivity index (χ2n) is 6.79. The molecule has 1 fully saturated rings. The van der Waals surface area contributed by atoms with E-state index in [1.165, 1.54) is 20.0 Å². The van der Waals surface area contributed by atoms with Crippen LogP contribution in [0.3, 0.4) is 0 Å². The number of aromatic amines is 1. The fourth-order valence-corrected chi connectivity index (χ4v) is 3.06. The highest BCUT2D eigenvalue weighted by Gasteiger charge is 2.52. The highest BCUT2D eigenvalue weighted by atomic mass is 16.6. The molecule has 2 aromatic rings. The Kier molecular flexibility index (Phi) is 5.78. The molecule has 0 aliphatic carbocycles. The maximum Gasteiger partial charge on any atom is 0.330 e. The van der Waals surface area contributed by atoms with Gasteiger partial charge in [-0.2, -0.15) is 0 Å². The maximum atomic E-state index is 12.2. The lowest BCUT2D eigenvalue weighted by atomic mass is 9.99. The number of carbonyl (C=O) groups excluding carboxylic acids is 1. The number of aliphatic hydroxyl groups is 1. The minimum absolute atomic E-state index is 0.173. The molecule has 0 amide bonds. The van der Waals surface area contributed by atoms with Gasteiger partial charge in [-0.05, 0) is 12.5 Å². The zero-order chi connectivity index (χ0) is 20.3. The van der Waals surface area contributed by atoms with Crippen LogP contribution in [-0.4, -0.2) is 45.5 Å². The van der Waals surface area contributed by atoms with Crippen LogP contribution in [-0.2, 0) is 25.6 Å². The van der Waals surface area contributed by atoms with E-state index < -0.39 is 35.2 Å². The quantitative estimate of drug-likeness (QED) is 0.679. The average Bonchev–Trinajstić information content (AvgIpc) is 2.95. The molecule has 1 saturated heterocycles. The third kappa shape index (κ3) is 4.22. The Labute approximate surface area is 160 Å². The van der Waals surface area contributed by atoms with E-state index in [0.29, 0.717) is 0 Å². The summed E-state index contributed by atoms with van der Waals surface area (Å²) in [5, 5.41) is 11.0. The molecule has 9 nitrogen and oxygen atoms in total. The van der Waals surface area contributed by atoms with Crippen molar-refractivity contribution in [3.63, 3.8) is 0 Å². The van der Waals surface area contributed by atoms with E-state index in [0.717, 1.165) is 10.1 Å². The van der Waals surface area contributed by atoms with Crippen LogP contribution in [0.1, 0.15) is 24.3 Å². The van der Waals surface area contributed by atoms with Crippen LogP contribution < -0.4 is 11.2 Å². The smallest absolute Gasteiger partial charge is 0.330 e. The molecule has 150 valence electrons. The van der Waals surface area contributed by atoms with Crippen molar-refractivity contribution in [2.24, 2.45) is 0 Å². The molecule has 1 aromatic heterocycles. The van der Waals surface area contributed by atoms with Gasteiger partial charge in [-0.25, -0.2) is 4.79 Å². The maximum absolute atomic E-state index is 12.2. The summed E-state index contributed by atoms with van der Waals surface area (Å²) >= 11 is 0. The van der Waals surface area contributed by atoms with Crippen molar-refractivity contribution in [1.29, 1.82) is 0 Å². The lowest BCUT2D eigenvalue weighted by molar-refractivity contribution is -0.169. The van der Waals surface area contributed by atoms with Gasteiger partial charge >= 0.3 is 11.7 Å². The van der Waals surface area contributed by atoms with Gasteiger partial charge in [0.2, 0.25) is 0 Å². The number of carbonyl (C=O) groups is 1. The first-order valence-corrected chi connectivity index (χ1v) is 8.75. The number of H-pyrrole nitrogens is 1. The van der Waals surface area contributed by atoms with Crippen molar-refractivity contribution < 1.29 is 24.1 Å². The highest BCUT2D eigenvalue weighted by molar-refractivity contribution is 5.66. The Morgan fingerprint density at radius 3 is 2.75 bits per heavy atom. The lowest BCUT2D eigenvalue weighted by Crippen LogP contribution is -2.50. The number of nitrogens with one attached hydrogen (secondary N) is 1. The Balaban J connectivity index is 1.82. The largest absolute Gasteiger partial charge is 0.454 e. The number of ether oxygens (including phenoxy) is 3. The van der Waals surface area contributed by atoms with E-state index in [9.17, 15) is 19.5 Å². The highest BCUT2D eigenvalue weighted by Crippen LogP contribution is 2.34. The number of rotatable bonds is 6. The molecule has 0 unspecified atom stereocenters. The van der Waals surface area contributed by atoms with Crippen LogP contribution in [0, 0.1) is 6.92 Å². The Morgan fingerprint density at radius 1 is 1.36 bits per heavy atom. The summed E-state index contributed by atoms with van der Waals surface area (Å²) in [4.78, 5) is 37.6. The van der Waals surface area contributed by atoms with Gasteiger partial charge in [0, 0.05) is 18.7 Å². The molecule has 9 heteroatoms. The first kappa shape index (κ1) is 20.0. The van der Waals surface area contributed by atoms with Crippen LogP contribution in [0.5, 0.6) is 0 Å². The summed E-state index contributed by atoms with van der Waals surface area (Å²) < 4.78 is 17.6. The molecule has 3 atom stereocenters. The number of aromatic nitrogens is 2. The van der Waals surface area contributed by atoms with Crippen LogP contribution in [0.4, 0.5) is 0 Å². The van der Waals surface area contributed by atoms with Crippen LogP contribution in [0.15, 0.2) is 46.1 Å². The summed E-state index contributed by atoms with van der Waals surface area (Å²) in [5.74, 6) is -0.642. The third-order valence-corrected chi connectivity index (χ3v) is 4.47. The van der Waals surface area contributed by atoms with Crippen molar-refractivity contribution >= 4 is 5.97 Å². The number of benzene rings is 1. The summed E-state index contributed by atoms with van der Waals surface area (Å²) in [5.41, 5.74) is -1.72. The van der Waals surface area contributed by atoms with Crippen LogP contribution in [0.25, 0.3) is 0 Å². The van der Waals surface area contributed by atoms with Crippen molar-refractivity contribution in [1.82, 2.24) is 9.55 Å². The molecule has 2 N–H and O–H groups in total. The molecule has 0 saturated carbocycles. The summed E-state index contributed by atoms with van der Waals surface area (Å²) in [6.07, 6.45) is -0.986. The molecular formula is C19H22N2O7. The predicted octanol–water partition coefficient (Wildman–Crippen LogP) is 0.253. The van der Waals surface area contributed by atoms with E-state index in [-0.39, 0.29) is 25.4 Å². The second-order valence-corrected chi connectivity index (χ2v) is 6.79. The first-order chi connectivity index (χ1) is 13.3. The molecule has 1 aliphatic rings. The Bertz CT molecular complexity index is 953. The molecule has 0 spiro atoms. The molecule has 0 bridgehead atoms. The predicted molar refractivity (Wildman–Crippen MR) is 97.7 cm³/mol. The fourth-order valence-electron chi connectivity index (χ4n) is 3.06. The standard InChI is InChI=1S/C19H22N2O7/c1-12-8-21(18(24)20-16(12)23)17-15(28-13(2)22)19(25,11-27-17)10-26-9-14-6-4-3-5-7-14/h3-8,15,17,25H,9-11H2,1-2H3,(H,20,23,24)/t15-,17+,19-/m0/s1. The summed E-state index contributed by atoms with van der Waals surface area (Å²) in [6.45, 7) is 2.59. The molecule has 2 heterocycles. The van der Waals surface area contributed by atoms with E-state index in [1.807, 2.05) is 30.3 Å². The van der Waals surface area contributed by atoms with E-state index in [4.69, 9.17) is 14.2 Å². The zero-order valence-electron chi connectivity index (χ0n) is 15.6. The molecule has 1 aromatic carbocycles. The molecule has 1 aliphatic heterocycles. The zero-order valence-corrected chi connectivity index (χ0v) is 15.6. The fraction of sp³-hybridized carbons (Fsp3) is 0.421. The summed E-state index contributed by atoms with van der Waals surface area (Å²) in [7, 11) is 0. The molecule has 0 radical (unpaired) electrons. The van der Waals surface area contributed by atoms with Crippen LogP contribution in [0.2, 0.25) is 0 Å². The van der Waals surface area contributed by atoms with Crippen LogP contribution >= 0.6 is 0 Å². The van der Waals surface area contributed by atoms with Crippen molar-refractivity contribution in [2.45, 2.75) is 38.4 Å². The number of esters is 1. The van der Waals surface area contributed by atoms with Gasteiger partial charge in [-0.3, -0.25) is 19.1 Å². The Morgan fingerprint density at radius 2 is 2.07 bits per heavy atom. The van der Waals surface area contributed by atoms with Crippen molar-refractivity contribution in [3.8, 4) is 0 Å². The number of nitrogens with zero attached hydrogens (tertiary/aromatic N) is 1. The number of hydrogen-bond acceptors (Lipinski definition) is 7. The lowest BCUT2D eigenvalue weighted by Gasteiger charge is -2.30. The van der Waals surface area contributed by atoms with Gasteiger partial charge in [-0.15, -0.1) is 0 Å². The van der Waals surface area contributed by atoms with Gasteiger partial charge in [0.1, 0.15) is 0 Å². The third-order valence-electron chi connectivity index (χ3n) is 4.47. The summed E-state index contributed by atoms with van der Waals surface area (Å²) in [6, 6.07) is 9.38. The normalized spacial score (nSPS) is 24.2. The average molecular weight is 390 g/mol. The van der Waals surface area contributed by atoms with Gasteiger partial charge in [0.05, 0.1) is 19.8 Å². The SMILES string of the molecule is CC(=O)O[C@H]1[C@H](n2cc(C)c(=O)[nH]c2=O)OC[C@@]1(O)COCc1ccccc1. The van der Waals surface area contributed by atoms with Crippen molar-refractivity contribution in [3.05, 3.63) is 68.5 Å². The minimum atomic E-state index is -1.66. The topological polar surface area (TPSA) is 120 Å². The Hall–Kier alpha value is -2.75. The van der Waals surface area contributed by atoms with Crippen molar-refractivity contribution in [2.75, 3.05) is 13.2 Å². The number of hydrogen-bond donors (Lipinski definition) is 2. The minimum Gasteiger partial charge on any atom is -0.454 e. The molecular weight excluding hydrogens is 368 g/mol.